The molecule has 2 aromatic rings. The lowest BCUT2D eigenvalue weighted by Gasteiger charge is -2.15. The highest BCUT2D eigenvalue weighted by Gasteiger charge is 2.22. The van der Waals surface area contributed by atoms with E-state index in [-0.39, 0.29) is 0 Å². The van der Waals surface area contributed by atoms with Crippen molar-refractivity contribution in [3.05, 3.63) is 29.6 Å². The summed E-state index contributed by atoms with van der Waals surface area (Å²) in [5.74, 6) is 1.29. The molecule has 0 bridgehead atoms. The second-order valence-corrected chi connectivity index (χ2v) is 5.02. The lowest BCUT2D eigenvalue weighted by atomic mass is 10.2. The van der Waals surface area contributed by atoms with Crippen molar-refractivity contribution in [1.29, 1.82) is 5.26 Å². The Kier molecular flexibility index (Phi) is 2.97. The topological polar surface area (TPSA) is 41.6 Å². The Morgan fingerprint density at radius 2 is 2.17 bits per heavy atom. The summed E-state index contributed by atoms with van der Waals surface area (Å²) >= 11 is 6.01. The van der Waals surface area contributed by atoms with Gasteiger partial charge in [0.15, 0.2) is 0 Å². The molecule has 1 saturated carbocycles. The number of halogens is 1. The zero-order chi connectivity index (χ0) is 12.5. The first-order valence-corrected chi connectivity index (χ1v) is 6.84. The van der Waals surface area contributed by atoms with Crippen molar-refractivity contribution in [3.8, 4) is 6.07 Å². The van der Waals surface area contributed by atoms with Gasteiger partial charge in [-0.05, 0) is 25.0 Å². The minimum absolute atomic E-state index is 0.399. The van der Waals surface area contributed by atoms with E-state index in [9.17, 15) is 0 Å². The van der Waals surface area contributed by atoms with E-state index in [0.717, 1.165) is 16.9 Å². The molecular formula is C14H14ClN3. The van der Waals surface area contributed by atoms with Gasteiger partial charge >= 0.3 is 0 Å². The second kappa shape index (κ2) is 4.62. The van der Waals surface area contributed by atoms with Crippen molar-refractivity contribution in [1.82, 2.24) is 9.55 Å². The highest BCUT2D eigenvalue weighted by atomic mass is 35.5. The monoisotopic (exact) mass is 259 g/mol. The van der Waals surface area contributed by atoms with Crippen molar-refractivity contribution < 1.29 is 0 Å². The summed E-state index contributed by atoms with van der Waals surface area (Å²) in [7, 11) is 0. The fourth-order valence-corrected chi connectivity index (χ4v) is 3.11. The van der Waals surface area contributed by atoms with Gasteiger partial charge in [-0.2, -0.15) is 5.26 Å². The number of imidazole rings is 1. The Hall–Kier alpha value is -1.53. The number of nitriles is 1. The third kappa shape index (κ3) is 1.69. The predicted molar refractivity (Wildman–Crippen MR) is 71.5 cm³/mol. The van der Waals surface area contributed by atoms with Gasteiger partial charge in [0.1, 0.15) is 17.4 Å². The standard InChI is InChI=1S/C14H14ClN3/c15-8-13-17-14-10(9-16)4-3-7-12(14)18(13)11-5-1-2-6-11/h3-4,7,11H,1-2,5-6,8H2. The summed E-state index contributed by atoms with van der Waals surface area (Å²) in [5, 5.41) is 9.14. The zero-order valence-electron chi connectivity index (χ0n) is 10.1. The minimum Gasteiger partial charge on any atom is -0.324 e. The molecule has 1 aromatic heterocycles. The molecule has 0 amide bonds. The Morgan fingerprint density at radius 3 is 2.83 bits per heavy atom. The fourth-order valence-electron chi connectivity index (χ4n) is 2.92. The zero-order valence-corrected chi connectivity index (χ0v) is 10.8. The first-order valence-electron chi connectivity index (χ1n) is 6.31. The van der Waals surface area contributed by atoms with Crippen LogP contribution >= 0.6 is 11.6 Å². The van der Waals surface area contributed by atoms with Gasteiger partial charge in [0.25, 0.3) is 0 Å². The van der Waals surface area contributed by atoms with Gasteiger partial charge in [-0.1, -0.05) is 18.9 Å². The Morgan fingerprint density at radius 1 is 1.39 bits per heavy atom. The summed E-state index contributed by atoms with van der Waals surface area (Å²) in [6, 6.07) is 8.48. The van der Waals surface area contributed by atoms with Crippen LogP contribution in [0.1, 0.15) is 43.1 Å². The normalized spacial score (nSPS) is 16.2. The van der Waals surface area contributed by atoms with E-state index in [0.29, 0.717) is 17.5 Å². The molecular weight excluding hydrogens is 246 g/mol. The van der Waals surface area contributed by atoms with Crippen LogP contribution in [0.15, 0.2) is 18.2 Å². The molecule has 3 nitrogen and oxygen atoms in total. The molecule has 1 aliphatic carbocycles. The average Bonchev–Trinajstić information content (AvgIpc) is 3.03. The van der Waals surface area contributed by atoms with E-state index in [1.165, 1.54) is 25.7 Å². The van der Waals surface area contributed by atoms with E-state index in [2.05, 4.69) is 15.6 Å². The third-order valence-corrected chi connectivity index (χ3v) is 3.96. The van der Waals surface area contributed by atoms with Gasteiger partial charge in [0.05, 0.1) is 17.0 Å². The molecule has 18 heavy (non-hydrogen) atoms. The van der Waals surface area contributed by atoms with Crippen LogP contribution in [-0.4, -0.2) is 9.55 Å². The number of para-hydroxylation sites is 1. The Labute approximate surface area is 111 Å². The van der Waals surface area contributed by atoms with Crippen molar-refractivity contribution in [2.24, 2.45) is 0 Å². The van der Waals surface area contributed by atoms with E-state index in [4.69, 9.17) is 16.9 Å². The number of rotatable bonds is 2. The molecule has 0 atom stereocenters. The van der Waals surface area contributed by atoms with Crippen molar-refractivity contribution in [3.63, 3.8) is 0 Å². The maximum atomic E-state index is 9.14. The van der Waals surface area contributed by atoms with Gasteiger partial charge < -0.3 is 4.57 Å². The largest absolute Gasteiger partial charge is 0.324 e. The van der Waals surface area contributed by atoms with Crippen LogP contribution in [0.25, 0.3) is 11.0 Å². The SMILES string of the molecule is N#Cc1cccc2c1nc(CCl)n2C1CCCC1. The highest BCUT2D eigenvalue weighted by Crippen LogP contribution is 2.34. The maximum Gasteiger partial charge on any atom is 0.125 e. The van der Waals surface area contributed by atoms with Gasteiger partial charge in [-0.15, -0.1) is 11.6 Å². The van der Waals surface area contributed by atoms with Crippen LogP contribution in [-0.2, 0) is 5.88 Å². The summed E-state index contributed by atoms with van der Waals surface area (Å²) in [4.78, 5) is 4.56. The van der Waals surface area contributed by atoms with E-state index in [1.807, 2.05) is 18.2 Å². The molecule has 1 heterocycles. The number of hydrogen-bond donors (Lipinski definition) is 0. The summed E-state index contributed by atoms with van der Waals surface area (Å²) in [5.41, 5.74) is 2.48. The third-order valence-electron chi connectivity index (χ3n) is 3.72. The van der Waals surface area contributed by atoms with E-state index in [1.54, 1.807) is 0 Å². The van der Waals surface area contributed by atoms with Crippen LogP contribution in [0.3, 0.4) is 0 Å². The van der Waals surface area contributed by atoms with Crippen molar-refractivity contribution in [2.75, 3.05) is 0 Å². The molecule has 0 unspecified atom stereocenters. The smallest absolute Gasteiger partial charge is 0.125 e. The van der Waals surface area contributed by atoms with Gasteiger partial charge in [-0.3, -0.25) is 0 Å². The molecule has 1 aromatic carbocycles. The molecule has 0 aliphatic heterocycles. The van der Waals surface area contributed by atoms with E-state index >= 15 is 0 Å². The average molecular weight is 260 g/mol. The van der Waals surface area contributed by atoms with Crippen LogP contribution in [0.5, 0.6) is 0 Å². The molecule has 0 radical (unpaired) electrons. The van der Waals surface area contributed by atoms with Crippen molar-refractivity contribution >= 4 is 22.6 Å². The lowest BCUT2D eigenvalue weighted by Crippen LogP contribution is -2.07. The number of benzene rings is 1. The molecule has 0 saturated heterocycles. The first kappa shape index (κ1) is 11.6. The Balaban J connectivity index is 2.25. The van der Waals surface area contributed by atoms with Gasteiger partial charge in [0.2, 0.25) is 0 Å². The first-order chi connectivity index (χ1) is 8.85. The van der Waals surface area contributed by atoms with Crippen LogP contribution in [0.2, 0.25) is 0 Å². The number of hydrogen-bond acceptors (Lipinski definition) is 2. The summed E-state index contributed by atoms with van der Waals surface area (Å²) < 4.78 is 2.25. The molecule has 4 heteroatoms. The van der Waals surface area contributed by atoms with Gasteiger partial charge in [-0.25, -0.2) is 4.98 Å². The molecule has 1 fully saturated rings. The molecule has 0 spiro atoms. The maximum absolute atomic E-state index is 9.14. The fraction of sp³-hybridized carbons (Fsp3) is 0.429. The quantitative estimate of drug-likeness (QED) is 0.771. The second-order valence-electron chi connectivity index (χ2n) is 4.76. The Bertz CT molecular complexity index is 618. The predicted octanol–water partition coefficient (Wildman–Crippen LogP) is 3.76. The molecule has 92 valence electrons. The molecule has 3 rings (SSSR count). The lowest BCUT2D eigenvalue weighted by molar-refractivity contribution is 0.518. The van der Waals surface area contributed by atoms with Crippen LogP contribution < -0.4 is 0 Å². The number of fused-ring (bicyclic) bond motifs is 1. The van der Waals surface area contributed by atoms with E-state index < -0.39 is 0 Å². The number of nitrogens with zero attached hydrogens (tertiary/aromatic N) is 3. The van der Waals surface area contributed by atoms with Crippen LogP contribution in [0, 0.1) is 11.3 Å². The summed E-state index contributed by atoms with van der Waals surface area (Å²) in [6.07, 6.45) is 4.91. The molecule has 0 N–H and O–H groups in total. The highest BCUT2D eigenvalue weighted by molar-refractivity contribution is 6.16. The minimum atomic E-state index is 0.399. The molecule has 1 aliphatic rings. The summed E-state index contributed by atoms with van der Waals surface area (Å²) in [6.45, 7) is 0. The number of aromatic nitrogens is 2. The van der Waals surface area contributed by atoms with Gasteiger partial charge in [0, 0.05) is 6.04 Å². The van der Waals surface area contributed by atoms with Crippen LogP contribution in [0.4, 0.5) is 0 Å². The number of alkyl halides is 1. The van der Waals surface area contributed by atoms with Crippen molar-refractivity contribution in [2.45, 2.75) is 37.6 Å².